The maximum atomic E-state index is 13.1. The van der Waals surface area contributed by atoms with Gasteiger partial charge in [0.05, 0.1) is 13.3 Å². The van der Waals surface area contributed by atoms with Gasteiger partial charge in [-0.15, -0.1) is 4.68 Å². The molecule has 2 N–H and O–H groups in total. The number of aromatic nitrogens is 3. The monoisotopic (exact) mass is 442 g/mol. The lowest BCUT2D eigenvalue weighted by Crippen LogP contribution is -2.46. The van der Waals surface area contributed by atoms with Crippen molar-refractivity contribution in [2.75, 3.05) is 7.11 Å². The van der Waals surface area contributed by atoms with Gasteiger partial charge in [0, 0.05) is 11.3 Å². The van der Waals surface area contributed by atoms with Crippen LogP contribution in [-0.2, 0) is 13.1 Å². The van der Waals surface area contributed by atoms with Gasteiger partial charge in [-0.2, -0.15) is 0 Å². The fraction of sp³-hybridized carbons (Fsp3) is 0.120. The molecule has 4 aromatic rings. The predicted molar refractivity (Wildman–Crippen MR) is 124 cm³/mol. The molecule has 0 fully saturated rings. The number of carbonyl (C=O) groups is 1. The molecular weight excluding hydrogens is 418 g/mol. The lowest BCUT2D eigenvalue weighted by atomic mass is 10.2. The van der Waals surface area contributed by atoms with Gasteiger partial charge in [-0.1, -0.05) is 71.0 Å². The smallest absolute Gasteiger partial charge is 0.432 e. The molecule has 0 aliphatic heterocycles. The van der Waals surface area contributed by atoms with E-state index in [0.29, 0.717) is 13.1 Å². The molecule has 0 unspecified atom stereocenters. The van der Waals surface area contributed by atoms with Crippen LogP contribution in [0.1, 0.15) is 27.2 Å². The lowest BCUT2D eigenvalue weighted by molar-refractivity contribution is -0.749. The molecule has 33 heavy (non-hydrogen) atoms. The second kappa shape index (κ2) is 10.2. The summed E-state index contributed by atoms with van der Waals surface area (Å²) in [4.78, 5) is 27.1. The van der Waals surface area contributed by atoms with E-state index in [1.54, 1.807) is 19.2 Å². The van der Waals surface area contributed by atoms with Gasteiger partial charge in [-0.05, 0) is 41.0 Å². The number of hydrogen-bond donors (Lipinski definition) is 2. The Morgan fingerprint density at radius 2 is 1.64 bits per heavy atom. The van der Waals surface area contributed by atoms with Gasteiger partial charge in [0.1, 0.15) is 12.3 Å². The van der Waals surface area contributed by atoms with E-state index in [-0.39, 0.29) is 5.69 Å². The van der Waals surface area contributed by atoms with E-state index in [2.05, 4.69) is 15.6 Å². The Labute approximate surface area is 190 Å². The fourth-order valence-corrected chi connectivity index (χ4v) is 3.28. The summed E-state index contributed by atoms with van der Waals surface area (Å²) in [5.41, 5.74) is 2.09. The second-order valence-electron chi connectivity index (χ2n) is 7.32. The Kier molecular flexibility index (Phi) is 6.75. The molecule has 0 spiro atoms. The van der Waals surface area contributed by atoms with Crippen LogP contribution in [-0.4, -0.2) is 29.2 Å². The van der Waals surface area contributed by atoms with Crippen molar-refractivity contribution < 1.29 is 14.2 Å². The largest absolute Gasteiger partial charge is 0.497 e. The van der Waals surface area contributed by atoms with E-state index < -0.39 is 11.5 Å². The third-order valence-corrected chi connectivity index (χ3v) is 5.01. The van der Waals surface area contributed by atoms with E-state index >= 15 is 0 Å². The summed E-state index contributed by atoms with van der Waals surface area (Å²) in [6.07, 6.45) is 1.54. The number of nitrogens with one attached hydrogen (secondary N) is 2. The summed E-state index contributed by atoms with van der Waals surface area (Å²) in [5.74, 6) is 0.247. The molecule has 0 aliphatic rings. The fourth-order valence-electron chi connectivity index (χ4n) is 3.28. The van der Waals surface area contributed by atoms with Crippen molar-refractivity contribution in [3.63, 3.8) is 0 Å². The Bertz CT molecular complexity index is 1290. The Morgan fingerprint density at radius 3 is 2.27 bits per heavy atom. The summed E-state index contributed by atoms with van der Waals surface area (Å²) in [5, 5.41) is 9.97. The summed E-state index contributed by atoms with van der Waals surface area (Å²) < 4.78 is 6.66. The number of carbonyl (C=O) groups excluding carboxylic acids is 1. The molecule has 8 heteroatoms. The standard InChI is InChI=1S/C25H23N5O3/c1-33-22-14-12-20(13-15-22)17-27-30-25(32)23(24(31)26-16-19-8-4-2-5-9-19)29(28-30)18-21-10-6-3-7-11-21/h2-15,17H,16,18H2,1H3,(H-,26,28,31,32)/p+1. The van der Waals surface area contributed by atoms with E-state index in [1.165, 1.54) is 10.9 Å². The van der Waals surface area contributed by atoms with Crippen LogP contribution >= 0.6 is 0 Å². The number of benzene rings is 3. The van der Waals surface area contributed by atoms with Crippen LogP contribution in [0.15, 0.2) is 94.8 Å². The van der Waals surface area contributed by atoms with Crippen LogP contribution in [0.25, 0.3) is 0 Å². The predicted octanol–water partition coefficient (Wildman–Crippen LogP) is 2.33. The average Bonchev–Trinajstić information content (AvgIpc) is 3.17. The van der Waals surface area contributed by atoms with Crippen LogP contribution in [0.2, 0.25) is 0 Å². The Balaban J connectivity index is 1.62. The molecule has 166 valence electrons. The van der Waals surface area contributed by atoms with Gasteiger partial charge in [-0.25, -0.2) is 4.79 Å². The van der Waals surface area contributed by atoms with Crippen LogP contribution in [0, 0.1) is 0 Å². The highest BCUT2D eigenvalue weighted by atomic mass is 16.5. The van der Waals surface area contributed by atoms with Crippen LogP contribution in [0.3, 0.4) is 0 Å². The average molecular weight is 442 g/mol. The van der Waals surface area contributed by atoms with Crippen molar-refractivity contribution in [2.45, 2.75) is 13.1 Å². The molecule has 1 heterocycles. The molecule has 0 radical (unpaired) electrons. The van der Waals surface area contributed by atoms with Crippen molar-refractivity contribution in [2.24, 2.45) is 5.10 Å². The van der Waals surface area contributed by atoms with Gasteiger partial charge < -0.3 is 10.1 Å². The molecule has 8 nitrogen and oxygen atoms in total. The first kappa shape index (κ1) is 21.8. The van der Waals surface area contributed by atoms with Gasteiger partial charge in [-0.3, -0.25) is 4.79 Å². The van der Waals surface area contributed by atoms with Crippen LogP contribution in [0.5, 0.6) is 5.75 Å². The molecule has 0 atom stereocenters. The number of H-pyrrole nitrogens is 1. The maximum absolute atomic E-state index is 13.1. The lowest BCUT2D eigenvalue weighted by Gasteiger charge is -2.03. The first-order valence-corrected chi connectivity index (χ1v) is 10.4. The zero-order valence-electron chi connectivity index (χ0n) is 18.1. The van der Waals surface area contributed by atoms with Crippen molar-refractivity contribution in [1.29, 1.82) is 0 Å². The maximum Gasteiger partial charge on any atom is 0.432 e. The summed E-state index contributed by atoms with van der Waals surface area (Å²) in [6.45, 7) is 0.625. The van der Waals surface area contributed by atoms with E-state index in [1.807, 2.05) is 72.8 Å². The number of amides is 1. The van der Waals surface area contributed by atoms with Crippen molar-refractivity contribution in [3.8, 4) is 5.75 Å². The van der Waals surface area contributed by atoms with Gasteiger partial charge in [0.15, 0.2) is 0 Å². The molecule has 4 rings (SSSR count). The highest BCUT2D eigenvalue weighted by molar-refractivity contribution is 5.90. The van der Waals surface area contributed by atoms with Crippen molar-refractivity contribution in [1.82, 2.24) is 15.3 Å². The number of aromatic amines is 1. The minimum absolute atomic E-state index is 0.0262. The number of methoxy groups -OCH3 is 1. The third-order valence-electron chi connectivity index (χ3n) is 5.01. The number of ether oxygens (including phenoxy) is 1. The summed E-state index contributed by atoms with van der Waals surface area (Å²) >= 11 is 0. The molecule has 0 aliphatic carbocycles. The minimum Gasteiger partial charge on any atom is -0.497 e. The van der Waals surface area contributed by atoms with E-state index in [4.69, 9.17) is 4.74 Å². The van der Waals surface area contributed by atoms with Crippen LogP contribution < -0.4 is 20.3 Å². The van der Waals surface area contributed by atoms with E-state index in [9.17, 15) is 9.59 Å². The van der Waals surface area contributed by atoms with Gasteiger partial charge in [0.2, 0.25) is 0 Å². The topological polar surface area (TPSA) is 92.4 Å². The molecule has 1 amide bonds. The van der Waals surface area contributed by atoms with Crippen molar-refractivity contribution >= 4 is 12.1 Å². The highest BCUT2D eigenvalue weighted by Crippen LogP contribution is 2.09. The zero-order valence-corrected chi connectivity index (χ0v) is 18.1. The zero-order chi connectivity index (χ0) is 23.0. The molecule has 1 aromatic heterocycles. The highest BCUT2D eigenvalue weighted by Gasteiger charge is 2.28. The minimum atomic E-state index is -0.541. The number of hydrogen-bond acceptors (Lipinski definition) is 4. The normalized spacial score (nSPS) is 10.9. The first-order chi connectivity index (χ1) is 16.1. The van der Waals surface area contributed by atoms with Crippen molar-refractivity contribution in [3.05, 3.63) is 118 Å². The molecule has 0 bridgehead atoms. The third kappa shape index (κ3) is 5.43. The van der Waals surface area contributed by atoms with Crippen LogP contribution in [0.4, 0.5) is 0 Å². The SMILES string of the molecule is COc1ccc(C=Nn2[nH][n+](Cc3ccccc3)c(C(=O)NCc3ccccc3)c2=O)cc1. The Morgan fingerprint density at radius 1 is 1.00 bits per heavy atom. The molecule has 0 saturated heterocycles. The Hall–Kier alpha value is -4.46. The first-order valence-electron chi connectivity index (χ1n) is 10.4. The molecule has 0 saturated carbocycles. The van der Waals surface area contributed by atoms with Gasteiger partial charge in [0.25, 0.3) is 0 Å². The summed E-state index contributed by atoms with van der Waals surface area (Å²) in [6, 6.07) is 26.3. The quantitative estimate of drug-likeness (QED) is 0.324. The number of rotatable bonds is 8. The molecular formula is C25H24N5O3+. The van der Waals surface area contributed by atoms with E-state index in [0.717, 1.165) is 27.2 Å². The molecule has 3 aromatic carbocycles. The van der Waals surface area contributed by atoms with Gasteiger partial charge >= 0.3 is 17.2 Å². The summed E-state index contributed by atoms with van der Waals surface area (Å²) in [7, 11) is 1.59. The second-order valence-corrected chi connectivity index (χ2v) is 7.32. The number of nitrogens with zero attached hydrogens (tertiary/aromatic N) is 3.